The molecule has 0 amide bonds. The molecule has 0 aliphatic carbocycles. The van der Waals surface area contributed by atoms with E-state index < -0.39 is 0 Å². The molecule has 6 heteroatoms. The van der Waals surface area contributed by atoms with Crippen LogP contribution in [-0.2, 0) is 6.42 Å². The number of allylic oxidation sites excluding steroid dienone is 1. The zero-order chi connectivity index (χ0) is 17.1. The molecule has 1 aromatic carbocycles. The lowest BCUT2D eigenvalue weighted by Gasteiger charge is -2.02. The quantitative estimate of drug-likeness (QED) is 0.726. The number of aromatic nitrogens is 2. The third kappa shape index (κ3) is 3.44. The minimum atomic E-state index is 0.0328. The van der Waals surface area contributed by atoms with Gasteiger partial charge in [0.25, 0.3) is 0 Å². The average Bonchev–Trinajstić information content (AvgIpc) is 3.20. The lowest BCUT2D eigenvalue weighted by atomic mass is 10.1. The maximum atomic E-state index is 10.1. The second-order valence-electron chi connectivity index (χ2n) is 5.60. The van der Waals surface area contributed by atoms with Gasteiger partial charge in [-0.3, -0.25) is 0 Å². The molecule has 1 aliphatic rings. The van der Waals surface area contributed by atoms with Crippen LogP contribution in [0.3, 0.4) is 0 Å². The number of aliphatic imine (C=N–C) groups is 1. The van der Waals surface area contributed by atoms with Crippen molar-refractivity contribution < 1.29 is 5.11 Å². The van der Waals surface area contributed by atoms with E-state index in [1.54, 1.807) is 12.4 Å². The van der Waals surface area contributed by atoms with E-state index in [-0.39, 0.29) is 5.88 Å². The molecule has 0 atom stereocenters. The van der Waals surface area contributed by atoms with Crippen molar-refractivity contribution >= 4 is 40.1 Å². The van der Waals surface area contributed by atoms with Crippen LogP contribution in [0.4, 0.5) is 10.9 Å². The minimum absolute atomic E-state index is 0.0328. The number of rotatable bonds is 5. The molecule has 0 radical (unpaired) electrons. The Morgan fingerprint density at radius 2 is 2.00 bits per heavy atom. The number of pyridine rings is 1. The van der Waals surface area contributed by atoms with Gasteiger partial charge in [-0.05, 0) is 30.2 Å². The molecule has 0 fully saturated rings. The molecule has 124 valence electrons. The van der Waals surface area contributed by atoms with Crippen molar-refractivity contribution in [2.24, 2.45) is 4.99 Å². The molecular formula is C19H16N4OS. The third-order valence-corrected chi connectivity index (χ3v) is 4.83. The highest BCUT2D eigenvalue weighted by Crippen LogP contribution is 2.35. The fourth-order valence-electron chi connectivity index (χ4n) is 2.63. The first kappa shape index (κ1) is 15.5. The van der Waals surface area contributed by atoms with Gasteiger partial charge >= 0.3 is 0 Å². The lowest BCUT2D eigenvalue weighted by Crippen LogP contribution is -2.04. The van der Waals surface area contributed by atoms with Gasteiger partial charge < -0.3 is 10.4 Å². The van der Waals surface area contributed by atoms with Gasteiger partial charge in [0.2, 0.25) is 5.88 Å². The summed E-state index contributed by atoms with van der Waals surface area (Å²) in [6, 6.07) is 14.1. The van der Waals surface area contributed by atoms with Crippen molar-refractivity contribution in [2.45, 2.75) is 6.42 Å². The molecule has 3 aromatic rings. The zero-order valence-corrected chi connectivity index (χ0v) is 14.2. The Morgan fingerprint density at radius 3 is 2.88 bits per heavy atom. The maximum absolute atomic E-state index is 10.1. The summed E-state index contributed by atoms with van der Waals surface area (Å²) in [5, 5.41) is 14.1. The molecule has 0 saturated heterocycles. The monoisotopic (exact) mass is 348 g/mol. The standard InChI is InChI=1S/C19H16N4OS/c24-18-16(11-14-12-22-17-15(14)7-4-9-20-17)25-19(23-18)21-10-8-13-5-2-1-3-6-13/h1-7,9,11-12,24H,8,10H2,(H,21,23)/b14-11+. The molecule has 25 heavy (non-hydrogen) atoms. The van der Waals surface area contributed by atoms with Gasteiger partial charge in [0.15, 0.2) is 10.9 Å². The maximum Gasteiger partial charge on any atom is 0.231 e. The third-order valence-electron chi connectivity index (χ3n) is 3.88. The number of nitrogens with zero attached hydrogens (tertiary/aromatic N) is 3. The Bertz CT molecular complexity index is 947. The molecule has 2 aromatic heterocycles. The van der Waals surface area contributed by atoms with Crippen LogP contribution in [0.15, 0.2) is 53.7 Å². The highest BCUT2D eigenvalue weighted by Gasteiger charge is 2.15. The second kappa shape index (κ2) is 6.86. The number of aromatic hydroxyl groups is 1. The van der Waals surface area contributed by atoms with Gasteiger partial charge in [-0.25, -0.2) is 9.98 Å². The fraction of sp³-hybridized carbons (Fsp3) is 0.105. The number of hydrogen-bond acceptors (Lipinski definition) is 6. The first-order valence-electron chi connectivity index (χ1n) is 7.98. The molecule has 0 bridgehead atoms. The van der Waals surface area contributed by atoms with Crippen LogP contribution >= 0.6 is 11.3 Å². The van der Waals surface area contributed by atoms with Crippen LogP contribution < -0.4 is 5.32 Å². The SMILES string of the molecule is Oc1nc(NCCc2ccccc2)sc1/C=C1\C=Nc2ncccc21. The molecule has 5 nitrogen and oxygen atoms in total. The molecule has 1 aliphatic heterocycles. The number of benzene rings is 1. The molecule has 0 unspecified atom stereocenters. The number of hydrogen-bond donors (Lipinski definition) is 2. The highest BCUT2D eigenvalue weighted by molar-refractivity contribution is 7.16. The molecule has 2 N–H and O–H groups in total. The highest BCUT2D eigenvalue weighted by atomic mass is 32.1. The summed E-state index contributed by atoms with van der Waals surface area (Å²) in [6.45, 7) is 0.765. The van der Waals surface area contributed by atoms with Crippen molar-refractivity contribution in [3.8, 4) is 5.88 Å². The average molecular weight is 348 g/mol. The first-order chi connectivity index (χ1) is 12.3. The van der Waals surface area contributed by atoms with Crippen LogP contribution in [-0.4, -0.2) is 27.8 Å². The van der Waals surface area contributed by atoms with E-state index in [1.807, 2.05) is 36.4 Å². The van der Waals surface area contributed by atoms with Crippen molar-refractivity contribution in [1.29, 1.82) is 0 Å². The smallest absolute Gasteiger partial charge is 0.231 e. The first-order valence-corrected chi connectivity index (χ1v) is 8.80. The summed E-state index contributed by atoms with van der Waals surface area (Å²) in [7, 11) is 0. The summed E-state index contributed by atoms with van der Waals surface area (Å²) in [4.78, 5) is 13.4. The van der Waals surface area contributed by atoms with Crippen LogP contribution in [0.1, 0.15) is 16.0 Å². The summed E-state index contributed by atoms with van der Waals surface area (Å²) >= 11 is 1.43. The van der Waals surface area contributed by atoms with E-state index in [0.29, 0.717) is 15.8 Å². The number of thiazole rings is 1. The Morgan fingerprint density at radius 1 is 1.12 bits per heavy atom. The summed E-state index contributed by atoms with van der Waals surface area (Å²) in [5.74, 6) is 0.740. The summed E-state index contributed by atoms with van der Waals surface area (Å²) in [6.07, 6.45) is 6.28. The predicted octanol–water partition coefficient (Wildman–Crippen LogP) is 4.15. The van der Waals surface area contributed by atoms with E-state index >= 15 is 0 Å². The van der Waals surface area contributed by atoms with Crippen LogP contribution in [0.5, 0.6) is 5.88 Å². The van der Waals surface area contributed by atoms with Crippen molar-refractivity contribution in [1.82, 2.24) is 9.97 Å². The van der Waals surface area contributed by atoms with Crippen LogP contribution in [0.2, 0.25) is 0 Å². The summed E-state index contributed by atoms with van der Waals surface area (Å²) in [5.41, 5.74) is 3.16. The van der Waals surface area contributed by atoms with Crippen LogP contribution in [0, 0.1) is 0 Å². The Hall–Kier alpha value is -2.99. The van der Waals surface area contributed by atoms with Gasteiger partial charge in [0.1, 0.15) is 0 Å². The van der Waals surface area contributed by atoms with E-state index in [2.05, 4.69) is 32.4 Å². The number of nitrogens with one attached hydrogen (secondary N) is 1. The number of anilines is 1. The number of fused-ring (bicyclic) bond motifs is 1. The van der Waals surface area contributed by atoms with E-state index in [0.717, 1.165) is 24.1 Å². The Kier molecular flexibility index (Phi) is 4.26. The topological polar surface area (TPSA) is 70.4 Å². The van der Waals surface area contributed by atoms with Gasteiger partial charge in [-0.15, -0.1) is 0 Å². The van der Waals surface area contributed by atoms with Gasteiger partial charge in [-0.1, -0.05) is 41.7 Å². The molecule has 3 heterocycles. The minimum Gasteiger partial charge on any atom is -0.492 e. The van der Waals surface area contributed by atoms with E-state index in [9.17, 15) is 5.11 Å². The molecule has 4 rings (SSSR count). The van der Waals surface area contributed by atoms with Gasteiger partial charge in [0, 0.05) is 30.1 Å². The van der Waals surface area contributed by atoms with Crippen molar-refractivity contribution in [3.63, 3.8) is 0 Å². The van der Waals surface area contributed by atoms with Crippen molar-refractivity contribution in [3.05, 3.63) is 64.7 Å². The second-order valence-corrected chi connectivity index (χ2v) is 6.63. The Balaban J connectivity index is 1.46. The molecular weight excluding hydrogens is 332 g/mol. The van der Waals surface area contributed by atoms with E-state index in [4.69, 9.17) is 0 Å². The predicted molar refractivity (Wildman–Crippen MR) is 103 cm³/mol. The normalized spacial score (nSPS) is 14.0. The van der Waals surface area contributed by atoms with Gasteiger partial charge in [0.05, 0.1) is 4.88 Å². The van der Waals surface area contributed by atoms with Crippen LogP contribution in [0.25, 0.3) is 11.6 Å². The fourth-order valence-corrected chi connectivity index (χ4v) is 3.47. The molecule has 0 saturated carbocycles. The lowest BCUT2D eigenvalue weighted by molar-refractivity contribution is 0.457. The zero-order valence-electron chi connectivity index (χ0n) is 13.4. The Labute approximate surface area is 149 Å². The van der Waals surface area contributed by atoms with E-state index in [1.165, 1.54) is 16.9 Å². The largest absolute Gasteiger partial charge is 0.492 e. The van der Waals surface area contributed by atoms with Gasteiger partial charge in [-0.2, -0.15) is 4.98 Å². The summed E-state index contributed by atoms with van der Waals surface area (Å²) < 4.78 is 0. The van der Waals surface area contributed by atoms with Crippen molar-refractivity contribution in [2.75, 3.05) is 11.9 Å². The molecule has 0 spiro atoms.